The number of hydrogen-bond acceptors (Lipinski definition) is 3. The number of aryl methyl sites for hydroxylation is 1. The van der Waals surface area contributed by atoms with E-state index in [1.54, 1.807) is 25.1 Å². The lowest BCUT2D eigenvalue weighted by Gasteiger charge is -2.06. The van der Waals surface area contributed by atoms with E-state index in [9.17, 15) is 5.11 Å². The zero-order chi connectivity index (χ0) is 12.3. The van der Waals surface area contributed by atoms with Crippen LogP contribution in [0.3, 0.4) is 0 Å². The van der Waals surface area contributed by atoms with Gasteiger partial charge < -0.3 is 10.3 Å². The van der Waals surface area contributed by atoms with E-state index in [0.717, 1.165) is 16.7 Å². The summed E-state index contributed by atoms with van der Waals surface area (Å²) >= 11 is 0. The summed E-state index contributed by atoms with van der Waals surface area (Å²) in [5.41, 5.74) is 2.85. The van der Waals surface area contributed by atoms with Crippen molar-refractivity contribution < 1.29 is 10.3 Å². The Balaban J connectivity index is 2.47. The fourth-order valence-corrected chi connectivity index (χ4v) is 1.68. The average molecular weight is 227 g/mol. The zero-order valence-corrected chi connectivity index (χ0v) is 9.46. The lowest BCUT2D eigenvalue weighted by molar-refractivity contribution is 0.319. The van der Waals surface area contributed by atoms with Gasteiger partial charge in [0.2, 0.25) is 0 Å². The van der Waals surface area contributed by atoms with E-state index in [-0.39, 0.29) is 5.75 Å². The smallest absolute Gasteiger partial charge is 0.118 e. The second kappa shape index (κ2) is 4.70. The molecule has 0 heterocycles. The first-order chi connectivity index (χ1) is 8.22. The fourth-order valence-electron chi connectivity index (χ4n) is 1.68. The summed E-state index contributed by atoms with van der Waals surface area (Å²) in [6, 6.07) is 14.5. The number of oxime groups is 1. The Morgan fingerprint density at radius 1 is 1.00 bits per heavy atom. The maximum Gasteiger partial charge on any atom is 0.118 e. The van der Waals surface area contributed by atoms with Crippen molar-refractivity contribution in [3.8, 4) is 5.75 Å². The quantitative estimate of drug-likeness (QED) is 0.471. The maximum absolute atomic E-state index is 9.47. The molecule has 0 spiro atoms. The van der Waals surface area contributed by atoms with E-state index in [1.165, 1.54) is 0 Å². The van der Waals surface area contributed by atoms with Crippen molar-refractivity contribution in [2.45, 2.75) is 6.92 Å². The van der Waals surface area contributed by atoms with Gasteiger partial charge in [-0.15, -0.1) is 0 Å². The van der Waals surface area contributed by atoms with E-state index < -0.39 is 0 Å². The molecule has 0 aliphatic carbocycles. The minimum Gasteiger partial charge on any atom is -0.508 e. The normalized spacial score (nSPS) is 11.5. The Hall–Kier alpha value is -2.29. The minimum absolute atomic E-state index is 0.235. The Kier molecular flexibility index (Phi) is 3.10. The SMILES string of the molecule is Cc1cc(/C(=N\O)c2ccccc2)ccc1O. The van der Waals surface area contributed by atoms with E-state index >= 15 is 0 Å². The highest BCUT2D eigenvalue weighted by Crippen LogP contribution is 2.19. The number of hydrogen-bond donors (Lipinski definition) is 2. The lowest BCUT2D eigenvalue weighted by Crippen LogP contribution is -2.03. The van der Waals surface area contributed by atoms with Gasteiger partial charge in [-0.2, -0.15) is 0 Å². The molecule has 0 amide bonds. The molecule has 2 N–H and O–H groups in total. The van der Waals surface area contributed by atoms with Crippen molar-refractivity contribution in [2.24, 2.45) is 5.16 Å². The highest BCUT2D eigenvalue weighted by Gasteiger charge is 2.08. The first kappa shape index (κ1) is 11.2. The van der Waals surface area contributed by atoms with Crippen molar-refractivity contribution in [3.63, 3.8) is 0 Å². The zero-order valence-electron chi connectivity index (χ0n) is 9.46. The number of phenols is 1. The molecule has 2 aromatic carbocycles. The number of benzene rings is 2. The van der Waals surface area contributed by atoms with Crippen molar-refractivity contribution in [1.82, 2.24) is 0 Å². The monoisotopic (exact) mass is 227 g/mol. The van der Waals surface area contributed by atoms with Crippen molar-refractivity contribution in [2.75, 3.05) is 0 Å². The highest BCUT2D eigenvalue weighted by atomic mass is 16.4. The number of nitrogens with zero attached hydrogens (tertiary/aromatic N) is 1. The molecule has 0 unspecified atom stereocenters. The van der Waals surface area contributed by atoms with E-state index in [4.69, 9.17) is 5.21 Å². The van der Waals surface area contributed by atoms with Crippen LogP contribution in [0, 0.1) is 6.92 Å². The molecule has 0 saturated heterocycles. The van der Waals surface area contributed by atoms with Crippen LogP contribution in [0.15, 0.2) is 53.7 Å². The van der Waals surface area contributed by atoms with Crippen LogP contribution in [-0.2, 0) is 0 Å². The van der Waals surface area contributed by atoms with Gasteiger partial charge in [-0.3, -0.25) is 0 Å². The maximum atomic E-state index is 9.47. The highest BCUT2D eigenvalue weighted by molar-refractivity contribution is 6.12. The third kappa shape index (κ3) is 2.28. The van der Waals surface area contributed by atoms with Crippen LogP contribution in [0.5, 0.6) is 5.75 Å². The van der Waals surface area contributed by atoms with Crippen LogP contribution in [0.2, 0.25) is 0 Å². The van der Waals surface area contributed by atoms with Crippen LogP contribution in [-0.4, -0.2) is 16.0 Å². The second-order valence-electron chi connectivity index (χ2n) is 3.82. The Morgan fingerprint density at radius 2 is 1.71 bits per heavy atom. The van der Waals surface area contributed by atoms with Crippen LogP contribution < -0.4 is 0 Å². The van der Waals surface area contributed by atoms with Gasteiger partial charge in [-0.1, -0.05) is 35.5 Å². The van der Waals surface area contributed by atoms with Gasteiger partial charge >= 0.3 is 0 Å². The predicted molar refractivity (Wildman–Crippen MR) is 66.7 cm³/mol. The lowest BCUT2D eigenvalue weighted by atomic mass is 10.0. The summed E-state index contributed by atoms with van der Waals surface area (Å²) in [4.78, 5) is 0. The molecule has 0 saturated carbocycles. The predicted octanol–water partition coefficient (Wildman–Crippen LogP) is 2.93. The fraction of sp³-hybridized carbons (Fsp3) is 0.0714. The van der Waals surface area contributed by atoms with Gasteiger partial charge in [0, 0.05) is 11.1 Å². The topological polar surface area (TPSA) is 52.8 Å². The molecule has 0 atom stereocenters. The second-order valence-corrected chi connectivity index (χ2v) is 3.82. The van der Waals surface area contributed by atoms with Crippen LogP contribution in [0.25, 0.3) is 0 Å². The molecule has 0 aliphatic heterocycles. The van der Waals surface area contributed by atoms with Gasteiger partial charge in [0.15, 0.2) is 0 Å². The summed E-state index contributed by atoms with van der Waals surface area (Å²) in [7, 11) is 0. The van der Waals surface area contributed by atoms with Gasteiger partial charge in [-0.25, -0.2) is 0 Å². The van der Waals surface area contributed by atoms with E-state index in [1.807, 2.05) is 30.3 Å². The first-order valence-electron chi connectivity index (χ1n) is 5.30. The number of aromatic hydroxyl groups is 1. The molecular weight excluding hydrogens is 214 g/mol. The Bertz CT molecular complexity index is 547. The summed E-state index contributed by atoms with van der Waals surface area (Å²) in [6.07, 6.45) is 0. The average Bonchev–Trinajstić information content (AvgIpc) is 2.36. The van der Waals surface area contributed by atoms with Crippen molar-refractivity contribution >= 4 is 5.71 Å². The summed E-state index contributed by atoms with van der Waals surface area (Å²) in [5, 5.41) is 21.9. The molecule has 2 rings (SSSR count). The van der Waals surface area contributed by atoms with Gasteiger partial charge in [0.1, 0.15) is 11.5 Å². The summed E-state index contributed by atoms with van der Waals surface area (Å²) in [6.45, 7) is 1.80. The molecule has 0 aliphatic rings. The molecule has 0 fully saturated rings. The number of rotatable bonds is 2. The van der Waals surface area contributed by atoms with Gasteiger partial charge in [0.25, 0.3) is 0 Å². The Labute approximate surface area is 99.7 Å². The molecule has 0 bridgehead atoms. The van der Waals surface area contributed by atoms with Crippen LogP contribution in [0.1, 0.15) is 16.7 Å². The number of phenolic OH excluding ortho intramolecular Hbond substituents is 1. The molecule has 3 nitrogen and oxygen atoms in total. The van der Waals surface area contributed by atoms with Crippen molar-refractivity contribution in [1.29, 1.82) is 0 Å². The molecule has 3 heteroatoms. The van der Waals surface area contributed by atoms with Gasteiger partial charge in [0.05, 0.1) is 0 Å². The first-order valence-corrected chi connectivity index (χ1v) is 5.30. The van der Waals surface area contributed by atoms with Crippen LogP contribution in [0.4, 0.5) is 0 Å². The van der Waals surface area contributed by atoms with E-state index in [0.29, 0.717) is 5.71 Å². The molecule has 86 valence electrons. The largest absolute Gasteiger partial charge is 0.508 e. The third-order valence-electron chi connectivity index (χ3n) is 2.62. The minimum atomic E-state index is 0.235. The van der Waals surface area contributed by atoms with E-state index in [2.05, 4.69) is 5.16 Å². The van der Waals surface area contributed by atoms with Gasteiger partial charge in [-0.05, 0) is 30.7 Å². The molecule has 0 aromatic heterocycles. The third-order valence-corrected chi connectivity index (χ3v) is 2.62. The van der Waals surface area contributed by atoms with Crippen LogP contribution >= 0.6 is 0 Å². The molecule has 2 aromatic rings. The Morgan fingerprint density at radius 3 is 2.29 bits per heavy atom. The summed E-state index contributed by atoms with van der Waals surface area (Å²) < 4.78 is 0. The van der Waals surface area contributed by atoms with Crippen molar-refractivity contribution in [3.05, 3.63) is 65.2 Å². The molecule has 0 radical (unpaired) electrons. The summed E-state index contributed by atoms with van der Waals surface area (Å²) in [5.74, 6) is 0.235. The standard InChI is InChI=1S/C14H13NO2/c1-10-9-12(7-8-13(10)16)14(15-17)11-5-3-2-4-6-11/h2-9,16-17H,1H3/b15-14-. The molecular formula is C14H13NO2. The molecule has 17 heavy (non-hydrogen) atoms.